The standard InChI is InChI=1S/C11H18BrN3O/c1-4-10-14-9(12)5-11(15-10)13-6-8(16)7(2)3/h5,7-8,16H,4,6H2,1-3H3,(H,13,14,15). The first-order chi connectivity index (χ1) is 7.52. The third-order valence-corrected chi connectivity index (χ3v) is 2.73. The van der Waals surface area contributed by atoms with E-state index < -0.39 is 0 Å². The average molecular weight is 288 g/mol. The number of aliphatic hydroxyl groups excluding tert-OH is 1. The minimum absolute atomic E-state index is 0.239. The summed E-state index contributed by atoms with van der Waals surface area (Å²) >= 11 is 3.34. The number of nitrogens with one attached hydrogen (secondary N) is 1. The van der Waals surface area contributed by atoms with Crippen LogP contribution in [0.2, 0.25) is 0 Å². The van der Waals surface area contributed by atoms with Crippen LogP contribution in [-0.2, 0) is 6.42 Å². The van der Waals surface area contributed by atoms with Crippen molar-refractivity contribution in [2.24, 2.45) is 5.92 Å². The predicted octanol–water partition coefficient (Wildman–Crippen LogP) is 2.23. The molecule has 1 rings (SSSR count). The molecule has 1 unspecified atom stereocenters. The number of hydrogen-bond donors (Lipinski definition) is 2. The Morgan fingerprint density at radius 2 is 2.12 bits per heavy atom. The number of nitrogens with zero attached hydrogens (tertiary/aromatic N) is 2. The van der Waals surface area contributed by atoms with Crippen molar-refractivity contribution in [2.75, 3.05) is 11.9 Å². The Morgan fingerprint density at radius 1 is 1.44 bits per heavy atom. The fourth-order valence-electron chi connectivity index (χ4n) is 1.16. The van der Waals surface area contributed by atoms with Crippen LogP contribution in [0.3, 0.4) is 0 Å². The number of aliphatic hydroxyl groups is 1. The first-order valence-corrected chi connectivity index (χ1v) is 6.27. The van der Waals surface area contributed by atoms with Crippen LogP contribution in [0.15, 0.2) is 10.7 Å². The van der Waals surface area contributed by atoms with E-state index in [4.69, 9.17) is 0 Å². The van der Waals surface area contributed by atoms with Crippen LogP contribution in [0.4, 0.5) is 5.82 Å². The lowest BCUT2D eigenvalue weighted by atomic mass is 10.1. The van der Waals surface area contributed by atoms with Gasteiger partial charge in [0.15, 0.2) is 0 Å². The molecule has 4 nitrogen and oxygen atoms in total. The maximum Gasteiger partial charge on any atom is 0.131 e. The average Bonchev–Trinajstić information content (AvgIpc) is 2.24. The lowest BCUT2D eigenvalue weighted by molar-refractivity contribution is 0.138. The van der Waals surface area contributed by atoms with E-state index in [1.165, 1.54) is 0 Å². The molecule has 1 heterocycles. The van der Waals surface area contributed by atoms with Gasteiger partial charge in [-0.2, -0.15) is 0 Å². The fraction of sp³-hybridized carbons (Fsp3) is 0.636. The molecule has 0 aliphatic rings. The van der Waals surface area contributed by atoms with Gasteiger partial charge in [-0.3, -0.25) is 0 Å². The first kappa shape index (κ1) is 13.4. The van der Waals surface area contributed by atoms with Crippen LogP contribution in [-0.4, -0.2) is 27.7 Å². The Balaban J connectivity index is 2.63. The summed E-state index contributed by atoms with van der Waals surface area (Å²) in [5, 5.41) is 12.8. The topological polar surface area (TPSA) is 58.0 Å². The lowest BCUT2D eigenvalue weighted by Gasteiger charge is -2.15. The Labute approximate surface area is 105 Å². The smallest absolute Gasteiger partial charge is 0.131 e. The number of aryl methyl sites for hydroxylation is 1. The highest BCUT2D eigenvalue weighted by molar-refractivity contribution is 9.10. The summed E-state index contributed by atoms with van der Waals surface area (Å²) in [6.45, 7) is 6.48. The van der Waals surface area contributed by atoms with Crippen LogP contribution < -0.4 is 5.32 Å². The number of halogens is 1. The third-order valence-electron chi connectivity index (χ3n) is 2.32. The summed E-state index contributed by atoms with van der Waals surface area (Å²) in [6.07, 6.45) is 0.430. The number of rotatable bonds is 5. The molecule has 0 fully saturated rings. The van der Waals surface area contributed by atoms with Crippen LogP contribution in [0.5, 0.6) is 0 Å². The summed E-state index contributed by atoms with van der Waals surface area (Å²) in [7, 11) is 0. The normalized spacial score (nSPS) is 12.9. The molecule has 0 aromatic carbocycles. The molecule has 16 heavy (non-hydrogen) atoms. The molecule has 0 aliphatic heterocycles. The molecule has 0 aliphatic carbocycles. The van der Waals surface area contributed by atoms with Crippen molar-refractivity contribution in [3.8, 4) is 0 Å². The van der Waals surface area contributed by atoms with Crippen LogP contribution in [0.1, 0.15) is 26.6 Å². The summed E-state index contributed by atoms with van der Waals surface area (Å²) in [5.41, 5.74) is 0. The zero-order chi connectivity index (χ0) is 12.1. The maximum atomic E-state index is 9.67. The van der Waals surface area contributed by atoms with E-state index in [1.54, 1.807) is 0 Å². The molecule has 1 aromatic rings. The van der Waals surface area contributed by atoms with Gasteiger partial charge >= 0.3 is 0 Å². The molecular weight excluding hydrogens is 270 g/mol. The summed E-state index contributed by atoms with van der Waals surface area (Å²) in [4.78, 5) is 8.54. The molecule has 0 saturated heterocycles. The molecule has 0 spiro atoms. The fourth-order valence-corrected chi connectivity index (χ4v) is 1.58. The summed E-state index contributed by atoms with van der Waals surface area (Å²) in [6, 6.07) is 1.81. The molecule has 0 radical (unpaired) electrons. The number of anilines is 1. The van der Waals surface area contributed by atoms with E-state index in [-0.39, 0.29) is 12.0 Å². The Kier molecular flexibility index (Phi) is 5.15. The van der Waals surface area contributed by atoms with Gasteiger partial charge in [0.05, 0.1) is 6.10 Å². The van der Waals surface area contributed by atoms with Crippen molar-refractivity contribution in [1.29, 1.82) is 0 Å². The summed E-state index contributed by atoms with van der Waals surface area (Å²) < 4.78 is 0.765. The van der Waals surface area contributed by atoms with Gasteiger partial charge in [-0.25, -0.2) is 9.97 Å². The highest BCUT2D eigenvalue weighted by atomic mass is 79.9. The molecule has 1 atom stereocenters. The van der Waals surface area contributed by atoms with Gasteiger partial charge in [0, 0.05) is 19.0 Å². The van der Waals surface area contributed by atoms with E-state index in [2.05, 4.69) is 31.2 Å². The van der Waals surface area contributed by atoms with Gasteiger partial charge in [0.1, 0.15) is 16.2 Å². The monoisotopic (exact) mass is 287 g/mol. The van der Waals surface area contributed by atoms with Crippen molar-refractivity contribution >= 4 is 21.7 Å². The molecule has 2 N–H and O–H groups in total. The second-order valence-electron chi connectivity index (χ2n) is 4.04. The molecule has 5 heteroatoms. The van der Waals surface area contributed by atoms with Gasteiger partial charge < -0.3 is 10.4 Å². The Hall–Kier alpha value is -0.680. The quantitative estimate of drug-likeness (QED) is 0.816. The zero-order valence-electron chi connectivity index (χ0n) is 9.87. The lowest BCUT2D eigenvalue weighted by Crippen LogP contribution is -2.25. The van der Waals surface area contributed by atoms with Crippen LogP contribution in [0.25, 0.3) is 0 Å². The third kappa shape index (κ3) is 4.06. The van der Waals surface area contributed by atoms with Crippen molar-refractivity contribution in [3.05, 3.63) is 16.5 Å². The van der Waals surface area contributed by atoms with E-state index in [1.807, 2.05) is 26.8 Å². The predicted molar refractivity (Wildman–Crippen MR) is 68.4 cm³/mol. The van der Waals surface area contributed by atoms with Gasteiger partial charge in [-0.05, 0) is 21.8 Å². The van der Waals surface area contributed by atoms with Crippen LogP contribution >= 0.6 is 15.9 Å². The van der Waals surface area contributed by atoms with E-state index in [0.29, 0.717) is 6.54 Å². The highest BCUT2D eigenvalue weighted by Gasteiger charge is 2.09. The van der Waals surface area contributed by atoms with Gasteiger partial charge in [0.2, 0.25) is 0 Å². The van der Waals surface area contributed by atoms with Crippen molar-refractivity contribution in [3.63, 3.8) is 0 Å². The summed E-state index contributed by atoms with van der Waals surface area (Å²) in [5.74, 6) is 1.78. The molecular formula is C11H18BrN3O. The minimum atomic E-state index is -0.362. The van der Waals surface area contributed by atoms with Gasteiger partial charge in [0.25, 0.3) is 0 Å². The van der Waals surface area contributed by atoms with Crippen LogP contribution in [0, 0.1) is 5.92 Å². The molecule has 0 amide bonds. The van der Waals surface area contributed by atoms with E-state index >= 15 is 0 Å². The largest absolute Gasteiger partial charge is 0.391 e. The second kappa shape index (κ2) is 6.15. The second-order valence-corrected chi connectivity index (χ2v) is 4.85. The van der Waals surface area contributed by atoms with Crippen molar-refractivity contribution in [2.45, 2.75) is 33.3 Å². The Morgan fingerprint density at radius 3 is 2.69 bits per heavy atom. The first-order valence-electron chi connectivity index (χ1n) is 5.48. The van der Waals surface area contributed by atoms with Gasteiger partial charge in [-0.15, -0.1) is 0 Å². The molecule has 90 valence electrons. The van der Waals surface area contributed by atoms with E-state index in [0.717, 1.165) is 22.7 Å². The highest BCUT2D eigenvalue weighted by Crippen LogP contribution is 2.13. The SMILES string of the molecule is CCc1nc(Br)cc(NCC(O)C(C)C)n1. The zero-order valence-corrected chi connectivity index (χ0v) is 11.5. The molecule has 1 aromatic heterocycles. The maximum absolute atomic E-state index is 9.67. The van der Waals surface area contributed by atoms with Gasteiger partial charge in [-0.1, -0.05) is 20.8 Å². The minimum Gasteiger partial charge on any atom is -0.391 e. The Bertz CT molecular complexity index is 344. The number of aromatic nitrogens is 2. The van der Waals surface area contributed by atoms with E-state index in [9.17, 15) is 5.11 Å². The molecule has 0 bridgehead atoms. The van der Waals surface area contributed by atoms with Crippen molar-refractivity contribution in [1.82, 2.24) is 9.97 Å². The number of hydrogen-bond acceptors (Lipinski definition) is 4. The van der Waals surface area contributed by atoms with Crippen molar-refractivity contribution < 1.29 is 5.11 Å². The molecule has 0 saturated carbocycles.